The highest BCUT2D eigenvalue weighted by Crippen LogP contribution is 2.32. The molecule has 1 fully saturated rings. The largest absolute Gasteiger partial charge is 0.383 e. The van der Waals surface area contributed by atoms with Crippen LogP contribution in [0.4, 0.5) is 0 Å². The summed E-state index contributed by atoms with van der Waals surface area (Å²) in [7, 11) is 1.76. The number of rotatable bonds is 10. The fourth-order valence-corrected chi connectivity index (χ4v) is 1.63. The molecule has 3 heteroatoms. The van der Waals surface area contributed by atoms with E-state index in [0.717, 1.165) is 38.7 Å². The summed E-state index contributed by atoms with van der Waals surface area (Å²) >= 11 is 0. The van der Waals surface area contributed by atoms with Gasteiger partial charge in [-0.3, -0.25) is 0 Å². The number of nitrogens with one attached hydrogen (secondary N) is 1. The zero-order valence-corrected chi connectivity index (χ0v) is 9.71. The molecule has 3 nitrogen and oxygen atoms in total. The Morgan fingerprint density at radius 3 is 2.87 bits per heavy atom. The Hall–Kier alpha value is -0.380. The second-order valence-electron chi connectivity index (χ2n) is 4.04. The van der Waals surface area contributed by atoms with Gasteiger partial charge in [0.15, 0.2) is 0 Å². The van der Waals surface area contributed by atoms with Crippen LogP contribution in [0.2, 0.25) is 0 Å². The molecule has 0 aliphatic heterocycles. The molecule has 0 amide bonds. The SMILES string of the molecule is C=CCCOCCNC(COC)C1CC1. The number of hydrogen-bond donors (Lipinski definition) is 1. The number of methoxy groups -OCH3 is 1. The van der Waals surface area contributed by atoms with Gasteiger partial charge in [0, 0.05) is 19.7 Å². The molecule has 15 heavy (non-hydrogen) atoms. The van der Waals surface area contributed by atoms with Gasteiger partial charge in [0.2, 0.25) is 0 Å². The van der Waals surface area contributed by atoms with E-state index in [2.05, 4.69) is 11.9 Å². The fraction of sp³-hybridized carbons (Fsp3) is 0.833. The predicted octanol–water partition coefficient (Wildman–Crippen LogP) is 1.59. The Kier molecular flexibility index (Phi) is 6.64. The standard InChI is InChI=1S/C12H23NO2/c1-3-4-8-15-9-7-13-12(10-14-2)11-5-6-11/h3,11-13H,1,4-10H2,2H3. The molecule has 0 bridgehead atoms. The number of ether oxygens (including phenoxy) is 2. The van der Waals surface area contributed by atoms with Gasteiger partial charge in [0.25, 0.3) is 0 Å². The lowest BCUT2D eigenvalue weighted by atomic mass is 10.2. The van der Waals surface area contributed by atoms with Crippen molar-refractivity contribution in [3.05, 3.63) is 12.7 Å². The van der Waals surface area contributed by atoms with E-state index < -0.39 is 0 Å². The molecule has 88 valence electrons. The second-order valence-corrected chi connectivity index (χ2v) is 4.04. The van der Waals surface area contributed by atoms with Crippen molar-refractivity contribution in [3.8, 4) is 0 Å². The van der Waals surface area contributed by atoms with Crippen LogP contribution >= 0.6 is 0 Å². The predicted molar refractivity (Wildman–Crippen MR) is 62.0 cm³/mol. The molecule has 0 aromatic rings. The number of hydrogen-bond acceptors (Lipinski definition) is 3. The van der Waals surface area contributed by atoms with Gasteiger partial charge in [0.1, 0.15) is 0 Å². The van der Waals surface area contributed by atoms with Gasteiger partial charge in [-0.25, -0.2) is 0 Å². The molecule has 0 radical (unpaired) electrons. The monoisotopic (exact) mass is 213 g/mol. The Balaban J connectivity index is 1.94. The van der Waals surface area contributed by atoms with Gasteiger partial charge >= 0.3 is 0 Å². The van der Waals surface area contributed by atoms with E-state index in [4.69, 9.17) is 9.47 Å². The van der Waals surface area contributed by atoms with Crippen molar-refractivity contribution < 1.29 is 9.47 Å². The Morgan fingerprint density at radius 1 is 1.47 bits per heavy atom. The summed E-state index contributed by atoms with van der Waals surface area (Å²) in [6.45, 7) is 6.95. The second kappa shape index (κ2) is 7.85. The summed E-state index contributed by atoms with van der Waals surface area (Å²) in [5.74, 6) is 0.832. The molecular weight excluding hydrogens is 190 g/mol. The fourth-order valence-electron chi connectivity index (χ4n) is 1.63. The Labute approximate surface area is 92.8 Å². The lowest BCUT2D eigenvalue weighted by Gasteiger charge is -2.17. The average molecular weight is 213 g/mol. The maximum atomic E-state index is 5.43. The molecule has 1 atom stereocenters. The van der Waals surface area contributed by atoms with Gasteiger partial charge in [-0.15, -0.1) is 6.58 Å². The lowest BCUT2D eigenvalue weighted by molar-refractivity contribution is 0.123. The maximum Gasteiger partial charge on any atom is 0.0618 e. The third-order valence-corrected chi connectivity index (χ3v) is 2.66. The summed E-state index contributed by atoms with van der Waals surface area (Å²) in [6, 6.07) is 0.526. The minimum atomic E-state index is 0.526. The van der Waals surface area contributed by atoms with Crippen LogP contribution in [0.1, 0.15) is 19.3 Å². The van der Waals surface area contributed by atoms with Crippen molar-refractivity contribution >= 4 is 0 Å². The first-order valence-electron chi connectivity index (χ1n) is 5.79. The topological polar surface area (TPSA) is 30.5 Å². The van der Waals surface area contributed by atoms with Crippen LogP contribution in [0.3, 0.4) is 0 Å². The molecule has 0 saturated heterocycles. The molecule has 0 aromatic heterocycles. The van der Waals surface area contributed by atoms with Gasteiger partial charge in [0.05, 0.1) is 19.8 Å². The van der Waals surface area contributed by atoms with Crippen molar-refractivity contribution in [3.63, 3.8) is 0 Å². The first-order chi connectivity index (χ1) is 7.38. The van der Waals surface area contributed by atoms with Gasteiger partial charge in [-0.05, 0) is 25.2 Å². The molecule has 0 aromatic carbocycles. The molecule has 1 saturated carbocycles. The summed E-state index contributed by atoms with van der Waals surface area (Å²) < 4.78 is 10.6. The molecule has 0 heterocycles. The summed E-state index contributed by atoms with van der Waals surface area (Å²) in [5, 5.41) is 3.48. The van der Waals surface area contributed by atoms with Crippen LogP contribution in [-0.2, 0) is 9.47 Å². The van der Waals surface area contributed by atoms with E-state index in [1.165, 1.54) is 12.8 Å². The highest BCUT2D eigenvalue weighted by molar-refractivity contribution is 4.86. The van der Waals surface area contributed by atoms with E-state index >= 15 is 0 Å². The highest BCUT2D eigenvalue weighted by atomic mass is 16.5. The smallest absolute Gasteiger partial charge is 0.0618 e. The van der Waals surface area contributed by atoms with Crippen molar-refractivity contribution in [2.24, 2.45) is 5.92 Å². The van der Waals surface area contributed by atoms with Crippen LogP contribution in [0.5, 0.6) is 0 Å². The zero-order valence-electron chi connectivity index (χ0n) is 9.71. The van der Waals surface area contributed by atoms with Crippen molar-refractivity contribution in [2.45, 2.75) is 25.3 Å². The van der Waals surface area contributed by atoms with Crippen LogP contribution in [-0.4, -0.2) is 39.5 Å². The molecule has 1 unspecified atom stereocenters. The quantitative estimate of drug-likeness (QED) is 0.441. The highest BCUT2D eigenvalue weighted by Gasteiger charge is 2.30. The van der Waals surface area contributed by atoms with Crippen molar-refractivity contribution in [1.82, 2.24) is 5.32 Å². The average Bonchev–Trinajstić information content (AvgIpc) is 3.05. The van der Waals surface area contributed by atoms with Gasteiger partial charge < -0.3 is 14.8 Å². The zero-order chi connectivity index (χ0) is 10.9. The van der Waals surface area contributed by atoms with E-state index in [0.29, 0.717) is 6.04 Å². The van der Waals surface area contributed by atoms with Crippen LogP contribution in [0.25, 0.3) is 0 Å². The van der Waals surface area contributed by atoms with E-state index in [1.54, 1.807) is 7.11 Å². The Bertz CT molecular complexity index is 169. The molecular formula is C12H23NO2. The van der Waals surface area contributed by atoms with Crippen LogP contribution in [0, 0.1) is 5.92 Å². The minimum absolute atomic E-state index is 0.526. The van der Waals surface area contributed by atoms with E-state index in [9.17, 15) is 0 Å². The minimum Gasteiger partial charge on any atom is -0.383 e. The summed E-state index contributed by atoms with van der Waals surface area (Å²) in [4.78, 5) is 0. The Morgan fingerprint density at radius 2 is 2.27 bits per heavy atom. The van der Waals surface area contributed by atoms with Crippen LogP contribution < -0.4 is 5.32 Å². The third-order valence-electron chi connectivity index (χ3n) is 2.66. The molecule has 1 N–H and O–H groups in total. The van der Waals surface area contributed by atoms with Gasteiger partial charge in [-0.2, -0.15) is 0 Å². The van der Waals surface area contributed by atoms with E-state index in [-0.39, 0.29) is 0 Å². The third kappa shape index (κ3) is 5.92. The lowest BCUT2D eigenvalue weighted by Crippen LogP contribution is -2.37. The maximum absolute atomic E-state index is 5.43. The van der Waals surface area contributed by atoms with Crippen molar-refractivity contribution in [1.29, 1.82) is 0 Å². The van der Waals surface area contributed by atoms with E-state index in [1.807, 2.05) is 6.08 Å². The molecule has 1 aliphatic carbocycles. The molecule has 0 spiro atoms. The molecule has 1 aliphatic rings. The summed E-state index contributed by atoms with van der Waals surface area (Å²) in [6.07, 6.45) is 5.51. The first kappa shape index (κ1) is 12.7. The summed E-state index contributed by atoms with van der Waals surface area (Å²) in [5.41, 5.74) is 0. The van der Waals surface area contributed by atoms with Gasteiger partial charge in [-0.1, -0.05) is 6.08 Å². The van der Waals surface area contributed by atoms with Crippen molar-refractivity contribution in [2.75, 3.05) is 33.5 Å². The first-order valence-corrected chi connectivity index (χ1v) is 5.79. The normalized spacial score (nSPS) is 17.7. The molecule has 1 rings (SSSR count). The van der Waals surface area contributed by atoms with Crippen LogP contribution in [0.15, 0.2) is 12.7 Å².